The molecule has 0 fully saturated rings. The first-order valence-corrected chi connectivity index (χ1v) is 11.0. The van der Waals surface area contributed by atoms with E-state index in [1.54, 1.807) is 17.8 Å². The molecule has 9 heteroatoms. The molecule has 2 aromatic heterocycles. The van der Waals surface area contributed by atoms with Gasteiger partial charge in [-0.3, -0.25) is 0 Å². The molecule has 0 aromatic carbocycles. The maximum atomic E-state index is 11.9. The number of nitrogens with zero attached hydrogens (tertiary/aromatic N) is 1. The molecular weight excluding hydrogens is 402 g/mol. The van der Waals surface area contributed by atoms with Gasteiger partial charge in [0, 0.05) is 11.1 Å². The van der Waals surface area contributed by atoms with Gasteiger partial charge in [0.25, 0.3) is 0 Å². The Kier molecular flexibility index (Phi) is 7.82. The Bertz CT molecular complexity index is 906. The van der Waals surface area contributed by atoms with Gasteiger partial charge in [0.2, 0.25) is 0 Å². The Labute approximate surface area is 171 Å². The lowest BCUT2D eigenvalue weighted by atomic mass is 10.0. The molecule has 28 heavy (non-hydrogen) atoms. The number of carboxylic acid groups (broad SMARTS) is 3. The number of thioether (sulfide) groups is 2. The Balaban J connectivity index is 2.78. The molecule has 0 amide bonds. The number of fused-ring (bicyclic) bond motifs is 1. The average molecular weight is 426 g/mol. The standard InChI is InChI=1S/C19H23NO6S2/c1-3-5-7-27-13-9-12-15(19(25)26)14(18(23)24)11(17(21)22)10-20(12)16(13)28-8-6-4-2/h9-10H,3-8H2,1-2H3,(H,21,22)(H,23,24)(H,25,26). The SMILES string of the molecule is CCCCSc1cc2c(C(=O)O)c(C(=O)O)c(C(=O)O)cn2c1SCCCC. The number of hydrogen-bond acceptors (Lipinski definition) is 5. The summed E-state index contributed by atoms with van der Waals surface area (Å²) < 4.78 is 1.52. The van der Waals surface area contributed by atoms with Crippen LogP contribution >= 0.6 is 23.5 Å². The van der Waals surface area contributed by atoms with Crippen LogP contribution in [-0.4, -0.2) is 49.1 Å². The van der Waals surface area contributed by atoms with E-state index in [0.717, 1.165) is 47.1 Å². The highest BCUT2D eigenvalue weighted by Gasteiger charge is 2.29. The van der Waals surface area contributed by atoms with Crippen LogP contribution in [0.1, 0.15) is 70.6 Å². The highest BCUT2D eigenvalue weighted by molar-refractivity contribution is 8.02. The molecule has 7 nitrogen and oxygen atoms in total. The average Bonchev–Trinajstić information content (AvgIpc) is 2.97. The number of aromatic nitrogens is 1. The minimum absolute atomic E-state index is 0.202. The van der Waals surface area contributed by atoms with Crippen molar-refractivity contribution in [2.45, 2.75) is 49.5 Å². The van der Waals surface area contributed by atoms with Gasteiger partial charge in [-0.15, -0.1) is 23.5 Å². The molecular formula is C19H23NO6S2. The molecule has 0 saturated carbocycles. The Morgan fingerprint density at radius 3 is 1.96 bits per heavy atom. The van der Waals surface area contributed by atoms with Crippen molar-refractivity contribution in [3.05, 3.63) is 29.0 Å². The summed E-state index contributed by atoms with van der Waals surface area (Å²) in [7, 11) is 0. The van der Waals surface area contributed by atoms with Crippen LogP contribution < -0.4 is 0 Å². The number of aromatic carboxylic acids is 3. The van der Waals surface area contributed by atoms with E-state index in [-0.39, 0.29) is 5.52 Å². The number of pyridine rings is 1. The van der Waals surface area contributed by atoms with Crippen LogP contribution in [0.15, 0.2) is 22.2 Å². The number of carbonyl (C=O) groups is 3. The van der Waals surface area contributed by atoms with Crippen molar-refractivity contribution in [2.75, 3.05) is 11.5 Å². The van der Waals surface area contributed by atoms with Crippen molar-refractivity contribution < 1.29 is 29.7 Å². The molecule has 0 radical (unpaired) electrons. The van der Waals surface area contributed by atoms with Gasteiger partial charge in [0.1, 0.15) is 0 Å². The second-order valence-corrected chi connectivity index (χ2v) is 8.40. The van der Waals surface area contributed by atoms with E-state index in [4.69, 9.17) is 0 Å². The van der Waals surface area contributed by atoms with Crippen molar-refractivity contribution in [1.82, 2.24) is 4.40 Å². The Morgan fingerprint density at radius 2 is 1.46 bits per heavy atom. The third-order valence-electron chi connectivity index (χ3n) is 4.14. The van der Waals surface area contributed by atoms with Crippen LogP contribution in [0.2, 0.25) is 0 Å². The summed E-state index contributed by atoms with van der Waals surface area (Å²) >= 11 is 3.10. The van der Waals surface area contributed by atoms with Gasteiger partial charge in [-0.2, -0.15) is 0 Å². The summed E-state index contributed by atoms with van der Waals surface area (Å²) in [6.45, 7) is 4.15. The molecule has 0 aliphatic carbocycles. The van der Waals surface area contributed by atoms with E-state index in [1.165, 1.54) is 22.4 Å². The maximum Gasteiger partial charge on any atom is 0.338 e. The van der Waals surface area contributed by atoms with Crippen LogP contribution in [0.5, 0.6) is 0 Å². The number of hydrogen-bond donors (Lipinski definition) is 3. The van der Waals surface area contributed by atoms with Crippen molar-refractivity contribution in [1.29, 1.82) is 0 Å². The van der Waals surface area contributed by atoms with Crippen LogP contribution in [-0.2, 0) is 0 Å². The molecule has 0 aliphatic heterocycles. The van der Waals surface area contributed by atoms with Gasteiger partial charge in [0.15, 0.2) is 0 Å². The fraction of sp³-hybridized carbons (Fsp3) is 0.421. The van der Waals surface area contributed by atoms with E-state index >= 15 is 0 Å². The van der Waals surface area contributed by atoms with E-state index in [1.807, 2.05) is 0 Å². The van der Waals surface area contributed by atoms with Crippen LogP contribution in [0.4, 0.5) is 0 Å². The highest BCUT2D eigenvalue weighted by Crippen LogP contribution is 2.37. The molecule has 2 rings (SSSR count). The van der Waals surface area contributed by atoms with Gasteiger partial charge in [0.05, 0.1) is 27.2 Å². The number of rotatable bonds is 11. The minimum Gasteiger partial charge on any atom is -0.478 e. The summed E-state index contributed by atoms with van der Waals surface area (Å²) in [5, 5.41) is 29.4. The zero-order valence-corrected chi connectivity index (χ0v) is 17.4. The topological polar surface area (TPSA) is 116 Å². The zero-order valence-electron chi connectivity index (χ0n) is 15.7. The molecule has 2 aromatic rings. The predicted molar refractivity (Wildman–Crippen MR) is 110 cm³/mol. The second kappa shape index (κ2) is 9.88. The summed E-state index contributed by atoms with van der Waals surface area (Å²) in [4.78, 5) is 36.0. The normalized spacial score (nSPS) is 11.1. The molecule has 0 unspecified atom stereocenters. The number of carboxylic acids is 3. The largest absolute Gasteiger partial charge is 0.478 e. The van der Waals surface area contributed by atoms with Gasteiger partial charge in [-0.1, -0.05) is 26.7 Å². The van der Waals surface area contributed by atoms with Crippen molar-refractivity contribution in [3.63, 3.8) is 0 Å². The van der Waals surface area contributed by atoms with Crippen LogP contribution in [0.25, 0.3) is 5.52 Å². The molecule has 2 heterocycles. The monoisotopic (exact) mass is 425 g/mol. The third-order valence-corrected chi connectivity index (χ3v) is 6.57. The van der Waals surface area contributed by atoms with Crippen LogP contribution in [0, 0.1) is 0 Å². The number of unbranched alkanes of at least 4 members (excludes halogenated alkanes) is 2. The molecule has 0 bridgehead atoms. The van der Waals surface area contributed by atoms with E-state index in [9.17, 15) is 29.7 Å². The van der Waals surface area contributed by atoms with Gasteiger partial charge in [-0.25, -0.2) is 14.4 Å². The smallest absolute Gasteiger partial charge is 0.338 e. The lowest BCUT2D eigenvalue weighted by molar-refractivity contribution is 0.0633. The quantitative estimate of drug-likeness (QED) is 0.347. The van der Waals surface area contributed by atoms with E-state index < -0.39 is 34.6 Å². The fourth-order valence-corrected chi connectivity index (χ4v) is 5.29. The molecule has 0 saturated heterocycles. The third kappa shape index (κ3) is 4.64. The van der Waals surface area contributed by atoms with Gasteiger partial charge >= 0.3 is 17.9 Å². The molecule has 152 valence electrons. The molecule has 0 atom stereocenters. The first-order valence-electron chi connectivity index (χ1n) is 9.00. The Hall–Kier alpha value is -2.13. The van der Waals surface area contributed by atoms with Crippen LogP contribution in [0.3, 0.4) is 0 Å². The molecule has 3 N–H and O–H groups in total. The second-order valence-electron chi connectivity index (χ2n) is 6.18. The van der Waals surface area contributed by atoms with Gasteiger partial charge < -0.3 is 19.7 Å². The molecule has 0 spiro atoms. The minimum atomic E-state index is -1.57. The van der Waals surface area contributed by atoms with E-state index in [2.05, 4.69) is 13.8 Å². The van der Waals surface area contributed by atoms with Gasteiger partial charge in [-0.05, 0) is 30.4 Å². The summed E-state index contributed by atoms with van der Waals surface area (Å²) in [6, 6.07) is 1.66. The Morgan fingerprint density at radius 1 is 0.893 bits per heavy atom. The lowest BCUT2D eigenvalue weighted by Gasteiger charge is -2.11. The predicted octanol–water partition coefficient (Wildman–Crippen LogP) is 4.82. The summed E-state index contributed by atoms with van der Waals surface area (Å²) in [5.74, 6) is -2.86. The van der Waals surface area contributed by atoms with Crippen molar-refractivity contribution in [2.24, 2.45) is 0 Å². The van der Waals surface area contributed by atoms with Crippen molar-refractivity contribution in [3.8, 4) is 0 Å². The summed E-state index contributed by atoms with van der Waals surface area (Å²) in [5.41, 5.74) is -1.52. The first-order chi connectivity index (χ1) is 13.3. The maximum absolute atomic E-state index is 11.9. The zero-order chi connectivity index (χ0) is 20.8. The van der Waals surface area contributed by atoms with Crippen molar-refractivity contribution >= 4 is 46.9 Å². The van der Waals surface area contributed by atoms with E-state index in [0.29, 0.717) is 0 Å². The highest BCUT2D eigenvalue weighted by atomic mass is 32.2. The lowest BCUT2D eigenvalue weighted by Crippen LogP contribution is -2.17. The fourth-order valence-electron chi connectivity index (χ4n) is 2.75. The summed E-state index contributed by atoms with van der Waals surface area (Å²) in [6.07, 6.45) is 5.19. The molecule has 0 aliphatic rings. The first kappa shape index (κ1) is 22.2.